The predicted octanol–water partition coefficient (Wildman–Crippen LogP) is 0.940. The molecule has 0 spiro atoms. The molecular weight excluding hydrogens is 455 g/mol. The maximum Gasteiger partial charge on any atom is 0.215 e. The summed E-state index contributed by atoms with van der Waals surface area (Å²) in [5, 5.41) is 6.26. The van der Waals surface area contributed by atoms with Crippen LogP contribution in [0.1, 0.15) is 11.1 Å². The molecule has 1 heterocycles. The fourth-order valence-electron chi connectivity index (χ4n) is 2.46. The van der Waals surface area contributed by atoms with Crippen molar-refractivity contribution in [2.45, 2.75) is 13.5 Å². The third kappa shape index (κ3) is 7.08. The molecule has 0 aliphatic carbocycles. The van der Waals surface area contributed by atoms with Crippen LogP contribution in [0.25, 0.3) is 0 Å². The van der Waals surface area contributed by atoms with Gasteiger partial charge in [-0.2, -0.15) is 4.31 Å². The summed E-state index contributed by atoms with van der Waals surface area (Å²) in [7, 11) is -1.58. The lowest BCUT2D eigenvalue weighted by atomic mass is 10.1. The van der Waals surface area contributed by atoms with E-state index >= 15 is 0 Å². The van der Waals surface area contributed by atoms with Gasteiger partial charge in [-0.3, -0.25) is 4.99 Å². The van der Waals surface area contributed by atoms with Crippen LogP contribution in [0.3, 0.4) is 0 Å². The Bertz CT molecular complexity index is 661. The highest BCUT2D eigenvalue weighted by Crippen LogP contribution is 2.06. The maximum absolute atomic E-state index is 12.2. The molecule has 0 amide bonds. The Hall–Kier alpha value is -0.910. The molecular formula is C16H27IN4O3S. The van der Waals surface area contributed by atoms with E-state index in [9.17, 15) is 8.42 Å². The first-order valence-corrected chi connectivity index (χ1v) is 9.68. The van der Waals surface area contributed by atoms with Crippen LogP contribution >= 0.6 is 24.0 Å². The SMILES string of the molecule is CN=C(NCCS(=O)(=O)N1CCOCC1)NCc1ccccc1C.I. The molecule has 1 aromatic rings. The van der Waals surface area contributed by atoms with E-state index in [-0.39, 0.29) is 29.7 Å². The second-order valence-electron chi connectivity index (χ2n) is 5.61. The second kappa shape index (κ2) is 10.9. The van der Waals surface area contributed by atoms with Crippen LogP contribution in [-0.4, -0.2) is 64.3 Å². The molecule has 1 saturated heterocycles. The summed E-state index contributed by atoms with van der Waals surface area (Å²) in [6.45, 7) is 4.81. The first-order chi connectivity index (χ1) is 11.5. The molecule has 0 aromatic heterocycles. The summed E-state index contributed by atoms with van der Waals surface area (Å²) >= 11 is 0. The Labute approximate surface area is 167 Å². The van der Waals surface area contributed by atoms with Gasteiger partial charge in [-0.25, -0.2) is 8.42 Å². The van der Waals surface area contributed by atoms with Gasteiger partial charge in [0.15, 0.2) is 5.96 Å². The molecule has 0 unspecified atom stereocenters. The summed E-state index contributed by atoms with van der Waals surface area (Å²) in [5.41, 5.74) is 2.39. The summed E-state index contributed by atoms with van der Waals surface area (Å²) in [6.07, 6.45) is 0. The van der Waals surface area contributed by atoms with Gasteiger partial charge in [0.25, 0.3) is 0 Å². The second-order valence-corrected chi connectivity index (χ2v) is 7.69. The lowest BCUT2D eigenvalue weighted by Crippen LogP contribution is -2.45. The largest absolute Gasteiger partial charge is 0.379 e. The third-order valence-electron chi connectivity index (χ3n) is 3.95. The summed E-state index contributed by atoms with van der Waals surface area (Å²) < 4.78 is 31.2. The fraction of sp³-hybridized carbons (Fsp3) is 0.562. The van der Waals surface area contributed by atoms with Crippen molar-refractivity contribution in [3.05, 3.63) is 35.4 Å². The van der Waals surface area contributed by atoms with Crippen molar-refractivity contribution in [3.8, 4) is 0 Å². The van der Waals surface area contributed by atoms with Gasteiger partial charge in [-0.15, -0.1) is 24.0 Å². The van der Waals surface area contributed by atoms with Crippen molar-refractivity contribution in [3.63, 3.8) is 0 Å². The highest BCUT2D eigenvalue weighted by atomic mass is 127. The number of rotatable bonds is 6. The summed E-state index contributed by atoms with van der Waals surface area (Å²) in [6, 6.07) is 8.11. The minimum Gasteiger partial charge on any atom is -0.379 e. The molecule has 9 heteroatoms. The summed E-state index contributed by atoms with van der Waals surface area (Å²) in [5.74, 6) is 0.633. The van der Waals surface area contributed by atoms with E-state index < -0.39 is 10.0 Å². The zero-order valence-electron chi connectivity index (χ0n) is 14.7. The number of aliphatic imine (C=N–C) groups is 1. The molecule has 0 saturated carbocycles. The number of halogens is 1. The maximum atomic E-state index is 12.2. The molecule has 2 N–H and O–H groups in total. The standard InChI is InChI=1S/C16H26N4O3S.HI/c1-14-5-3-4-6-15(14)13-19-16(17-2)18-7-12-24(21,22)20-8-10-23-11-9-20;/h3-6H,7-13H2,1-2H3,(H2,17,18,19);1H. The van der Waals surface area contributed by atoms with E-state index in [0.717, 1.165) is 0 Å². The summed E-state index contributed by atoms with van der Waals surface area (Å²) in [4.78, 5) is 4.13. The van der Waals surface area contributed by atoms with Crippen molar-refractivity contribution in [1.82, 2.24) is 14.9 Å². The average molecular weight is 482 g/mol. The van der Waals surface area contributed by atoms with Crippen LogP contribution in [0.15, 0.2) is 29.3 Å². The van der Waals surface area contributed by atoms with E-state index in [2.05, 4.69) is 34.7 Å². The number of sulfonamides is 1. The van der Waals surface area contributed by atoms with Crippen LogP contribution in [0.5, 0.6) is 0 Å². The quantitative estimate of drug-likeness (QED) is 0.359. The highest BCUT2D eigenvalue weighted by Gasteiger charge is 2.23. The van der Waals surface area contributed by atoms with Crippen molar-refractivity contribution in [2.24, 2.45) is 4.99 Å². The monoisotopic (exact) mass is 482 g/mol. The number of nitrogens with one attached hydrogen (secondary N) is 2. The van der Waals surface area contributed by atoms with E-state index in [4.69, 9.17) is 4.74 Å². The van der Waals surface area contributed by atoms with Crippen LogP contribution < -0.4 is 10.6 Å². The van der Waals surface area contributed by atoms with Gasteiger partial charge in [-0.05, 0) is 18.1 Å². The predicted molar refractivity (Wildman–Crippen MR) is 111 cm³/mol. The normalized spacial score (nSPS) is 16.2. The van der Waals surface area contributed by atoms with Gasteiger partial charge in [-0.1, -0.05) is 24.3 Å². The molecule has 1 aromatic carbocycles. The number of ether oxygens (including phenoxy) is 1. The molecule has 2 rings (SSSR count). The van der Waals surface area contributed by atoms with E-state index in [1.807, 2.05) is 12.1 Å². The van der Waals surface area contributed by atoms with Crippen molar-refractivity contribution in [2.75, 3.05) is 45.6 Å². The zero-order valence-corrected chi connectivity index (χ0v) is 17.8. The van der Waals surface area contributed by atoms with E-state index in [1.54, 1.807) is 7.05 Å². The minimum absolute atomic E-state index is 0. The molecule has 7 nitrogen and oxygen atoms in total. The molecule has 1 fully saturated rings. The first-order valence-electron chi connectivity index (χ1n) is 8.07. The van der Waals surface area contributed by atoms with Crippen molar-refractivity contribution < 1.29 is 13.2 Å². The topological polar surface area (TPSA) is 83.0 Å². The van der Waals surface area contributed by atoms with Gasteiger partial charge in [0.1, 0.15) is 0 Å². The number of hydrogen-bond donors (Lipinski definition) is 2. The Morgan fingerprint density at radius 1 is 1.24 bits per heavy atom. The van der Waals surface area contributed by atoms with E-state index in [0.29, 0.717) is 45.4 Å². The average Bonchev–Trinajstić information content (AvgIpc) is 2.60. The molecule has 1 aliphatic rings. The smallest absolute Gasteiger partial charge is 0.215 e. The number of nitrogens with zero attached hydrogens (tertiary/aromatic N) is 2. The number of guanidine groups is 1. The lowest BCUT2D eigenvalue weighted by molar-refractivity contribution is 0.0730. The van der Waals surface area contributed by atoms with Gasteiger partial charge < -0.3 is 15.4 Å². The highest BCUT2D eigenvalue weighted by molar-refractivity contribution is 14.0. The van der Waals surface area contributed by atoms with Crippen molar-refractivity contribution in [1.29, 1.82) is 0 Å². The number of hydrogen-bond acceptors (Lipinski definition) is 4. The van der Waals surface area contributed by atoms with Gasteiger partial charge in [0.05, 0.1) is 19.0 Å². The Kier molecular flexibility index (Phi) is 9.69. The van der Waals surface area contributed by atoms with E-state index in [1.165, 1.54) is 15.4 Å². The van der Waals surface area contributed by atoms with Crippen LogP contribution in [0, 0.1) is 6.92 Å². The Morgan fingerprint density at radius 2 is 1.92 bits per heavy atom. The lowest BCUT2D eigenvalue weighted by Gasteiger charge is -2.26. The Morgan fingerprint density at radius 3 is 2.56 bits per heavy atom. The fourth-order valence-corrected chi connectivity index (χ4v) is 3.78. The van der Waals surface area contributed by atoms with Crippen LogP contribution in [0.2, 0.25) is 0 Å². The molecule has 0 bridgehead atoms. The minimum atomic E-state index is -3.25. The number of morpholine rings is 1. The van der Waals surface area contributed by atoms with Gasteiger partial charge in [0.2, 0.25) is 10.0 Å². The van der Waals surface area contributed by atoms with Crippen LogP contribution in [-0.2, 0) is 21.3 Å². The van der Waals surface area contributed by atoms with Gasteiger partial charge in [0, 0.05) is 33.2 Å². The van der Waals surface area contributed by atoms with Crippen molar-refractivity contribution >= 4 is 40.0 Å². The zero-order chi connectivity index (χ0) is 17.4. The van der Waals surface area contributed by atoms with Gasteiger partial charge >= 0.3 is 0 Å². The Balaban J connectivity index is 0.00000312. The number of benzene rings is 1. The molecule has 25 heavy (non-hydrogen) atoms. The molecule has 0 radical (unpaired) electrons. The molecule has 142 valence electrons. The first kappa shape index (κ1) is 22.1. The van der Waals surface area contributed by atoms with Crippen LogP contribution in [0.4, 0.5) is 0 Å². The third-order valence-corrected chi connectivity index (χ3v) is 5.82. The number of aryl methyl sites for hydroxylation is 1. The molecule has 1 aliphatic heterocycles. The molecule has 0 atom stereocenters.